The number of anilines is 1. The average Bonchev–Trinajstić information content (AvgIpc) is 2.41. The van der Waals surface area contributed by atoms with Gasteiger partial charge in [0.1, 0.15) is 5.75 Å². The maximum Gasteiger partial charge on any atom is 0.124 e. The lowest BCUT2D eigenvalue weighted by Crippen LogP contribution is -2.08. The molecular formula is C16H20N2O. The standard InChI is InChI=1S/C16H20N2O/c1-11-5-8-16(19-4)15(9-11)13(3)18-14-7-6-12(2)17-10-14/h5-10,13,18H,1-4H3. The van der Waals surface area contributed by atoms with Crippen molar-refractivity contribution in [3.05, 3.63) is 53.3 Å². The second-order valence-electron chi connectivity index (χ2n) is 4.80. The molecule has 0 saturated carbocycles. The zero-order chi connectivity index (χ0) is 13.8. The Balaban J connectivity index is 2.21. The van der Waals surface area contributed by atoms with Gasteiger partial charge in [-0.1, -0.05) is 17.7 Å². The molecule has 1 atom stereocenters. The molecule has 100 valence electrons. The van der Waals surface area contributed by atoms with Crippen molar-refractivity contribution < 1.29 is 4.74 Å². The SMILES string of the molecule is COc1ccc(C)cc1C(C)Nc1ccc(C)nc1. The van der Waals surface area contributed by atoms with Crippen LogP contribution in [0, 0.1) is 13.8 Å². The minimum absolute atomic E-state index is 0.166. The van der Waals surface area contributed by atoms with Gasteiger partial charge in [0.05, 0.1) is 25.0 Å². The number of hydrogen-bond donors (Lipinski definition) is 1. The first-order valence-electron chi connectivity index (χ1n) is 6.44. The molecule has 0 radical (unpaired) electrons. The summed E-state index contributed by atoms with van der Waals surface area (Å²) in [5.74, 6) is 0.908. The van der Waals surface area contributed by atoms with Crippen molar-refractivity contribution in [1.82, 2.24) is 4.98 Å². The van der Waals surface area contributed by atoms with Crippen molar-refractivity contribution in [2.45, 2.75) is 26.8 Å². The van der Waals surface area contributed by atoms with E-state index in [0.29, 0.717) is 0 Å². The Hall–Kier alpha value is -2.03. The molecule has 1 heterocycles. The van der Waals surface area contributed by atoms with Crippen molar-refractivity contribution in [2.75, 3.05) is 12.4 Å². The van der Waals surface area contributed by atoms with Crippen LogP contribution in [0.3, 0.4) is 0 Å². The van der Waals surface area contributed by atoms with E-state index in [-0.39, 0.29) is 6.04 Å². The van der Waals surface area contributed by atoms with Crippen molar-refractivity contribution in [1.29, 1.82) is 0 Å². The largest absolute Gasteiger partial charge is 0.496 e. The zero-order valence-corrected chi connectivity index (χ0v) is 11.9. The molecule has 0 fully saturated rings. The molecule has 1 unspecified atom stereocenters. The quantitative estimate of drug-likeness (QED) is 0.901. The molecule has 0 amide bonds. The molecule has 2 aromatic rings. The minimum atomic E-state index is 0.166. The van der Waals surface area contributed by atoms with Gasteiger partial charge in [-0.25, -0.2) is 0 Å². The highest BCUT2D eigenvalue weighted by atomic mass is 16.5. The van der Waals surface area contributed by atoms with Crippen molar-refractivity contribution in [3.63, 3.8) is 0 Å². The van der Waals surface area contributed by atoms with Crippen molar-refractivity contribution in [2.24, 2.45) is 0 Å². The van der Waals surface area contributed by atoms with E-state index >= 15 is 0 Å². The number of ether oxygens (including phenoxy) is 1. The fourth-order valence-corrected chi connectivity index (χ4v) is 2.07. The third-order valence-electron chi connectivity index (χ3n) is 3.15. The van der Waals surface area contributed by atoms with Crippen LogP contribution in [0.5, 0.6) is 5.75 Å². The summed E-state index contributed by atoms with van der Waals surface area (Å²) in [6, 6.07) is 10.4. The molecule has 1 N–H and O–H groups in total. The first kappa shape index (κ1) is 13.4. The van der Waals surface area contributed by atoms with Gasteiger partial charge in [-0.05, 0) is 39.0 Å². The Morgan fingerprint density at radius 2 is 1.95 bits per heavy atom. The number of pyridine rings is 1. The van der Waals surface area contributed by atoms with Crippen molar-refractivity contribution in [3.8, 4) is 5.75 Å². The monoisotopic (exact) mass is 256 g/mol. The molecular weight excluding hydrogens is 236 g/mol. The number of aryl methyl sites for hydroxylation is 2. The Labute approximate surface area is 114 Å². The maximum atomic E-state index is 5.42. The molecule has 0 aliphatic carbocycles. The van der Waals surface area contributed by atoms with Crippen LogP contribution in [0.25, 0.3) is 0 Å². The Bertz CT molecular complexity index is 549. The van der Waals surface area contributed by atoms with E-state index in [0.717, 1.165) is 22.7 Å². The second-order valence-corrected chi connectivity index (χ2v) is 4.80. The van der Waals surface area contributed by atoms with Gasteiger partial charge in [0.25, 0.3) is 0 Å². The van der Waals surface area contributed by atoms with Crippen LogP contribution in [0.1, 0.15) is 29.8 Å². The molecule has 0 spiro atoms. The molecule has 2 rings (SSSR count). The minimum Gasteiger partial charge on any atom is -0.496 e. The lowest BCUT2D eigenvalue weighted by Gasteiger charge is -2.19. The summed E-state index contributed by atoms with van der Waals surface area (Å²) in [6.07, 6.45) is 1.86. The molecule has 0 aliphatic heterocycles. The Morgan fingerprint density at radius 3 is 2.58 bits per heavy atom. The van der Waals surface area contributed by atoms with E-state index < -0.39 is 0 Å². The van der Waals surface area contributed by atoms with Crippen molar-refractivity contribution >= 4 is 5.69 Å². The predicted octanol–water partition coefficient (Wildman–Crippen LogP) is 3.88. The predicted molar refractivity (Wildman–Crippen MR) is 78.7 cm³/mol. The highest BCUT2D eigenvalue weighted by Gasteiger charge is 2.11. The lowest BCUT2D eigenvalue weighted by molar-refractivity contribution is 0.408. The Kier molecular flexibility index (Phi) is 4.05. The number of benzene rings is 1. The third kappa shape index (κ3) is 3.25. The summed E-state index contributed by atoms with van der Waals surface area (Å²) < 4.78 is 5.42. The van der Waals surface area contributed by atoms with Gasteiger partial charge in [-0.15, -0.1) is 0 Å². The molecule has 0 bridgehead atoms. The summed E-state index contributed by atoms with van der Waals surface area (Å²) in [4.78, 5) is 4.29. The van der Waals surface area contributed by atoms with Crippen LogP contribution in [0.2, 0.25) is 0 Å². The number of nitrogens with zero attached hydrogens (tertiary/aromatic N) is 1. The summed E-state index contributed by atoms with van der Waals surface area (Å²) in [7, 11) is 1.70. The van der Waals surface area contributed by atoms with Crippen LogP contribution in [0.4, 0.5) is 5.69 Å². The summed E-state index contributed by atoms with van der Waals surface area (Å²) in [5, 5.41) is 3.44. The van der Waals surface area contributed by atoms with E-state index in [1.807, 2.05) is 31.3 Å². The summed E-state index contributed by atoms with van der Waals surface area (Å²) >= 11 is 0. The normalized spacial score (nSPS) is 12.0. The fraction of sp³-hybridized carbons (Fsp3) is 0.312. The van der Waals surface area contributed by atoms with Crippen LogP contribution in [0.15, 0.2) is 36.5 Å². The van der Waals surface area contributed by atoms with E-state index in [2.05, 4.69) is 36.3 Å². The van der Waals surface area contributed by atoms with Gasteiger partial charge in [0, 0.05) is 11.3 Å². The van der Waals surface area contributed by atoms with E-state index in [4.69, 9.17) is 4.74 Å². The number of rotatable bonds is 4. The number of nitrogens with one attached hydrogen (secondary N) is 1. The second kappa shape index (κ2) is 5.74. The van der Waals surface area contributed by atoms with E-state index in [1.165, 1.54) is 5.56 Å². The molecule has 3 heteroatoms. The fourth-order valence-electron chi connectivity index (χ4n) is 2.07. The topological polar surface area (TPSA) is 34.1 Å². The third-order valence-corrected chi connectivity index (χ3v) is 3.15. The highest BCUT2D eigenvalue weighted by molar-refractivity contribution is 5.47. The summed E-state index contributed by atoms with van der Waals surface area (Å²) in [6.45, 7) is 6.19. The number of hydrogen-bond acceptors (Lipinski definition) is 3. The molecule has 1 aromatic heterocycles. The van der Waals surface area contributed by atoms with Crippen LogP contribution >= 0.6 is 0 Å². The van der Waals surface area contributed by atoms with E-state index in [1.54, 1.807) is 7.11 Å². The maximum absolute atomic E-state index is 5.42. The molecule has 19 heavy (non-hydrogen) atoms. The first-order valence-corrected chi connectivity index (χ1v) is 6.44. The number of methoxy groups -OCH3 is 1. The van der Waals surface area contributed by atoms with Gasteiger partial charge in [0.2, 0.25) is 0 Å². The molecule has 1 aromatic carbocycles. The van der Waals surface area contributed by atoms with Gasteiger partial charge in [-0.3, -0.25) is 4.98 Å². The van der Waals surface area contributed by atoms with E-state index in [9.17, 15) is 0 Å². The highest BCUT2D eigenvalue weighted by Crippen LogP contribution is 2.28. The zero-order valence-electron chi connectivity index (χ0n) is 11.9. The van der Waals surface area contributed by atoms with Crippen LogP contribution in [-0.2, 0) is 0 Å². The summed E-state index contributed by atoms with van der Waals surface area (Å²) in [5.41, 5.74) is 4.42. The molecule has 0 aliphatic rings. The van der Waals surface area contributed by atoms with Crippen LogP contribution in [-0.4, -0.2) is 12.1 Å². The first-order chi connectivity index (χ1) is 9.10. The average molecular weight is 256 g/mol. The van der Waals surface area contributed by atoms with Gasteiger partial charge < -0.3 is 10.1 Å². The lowest BCUT2D eigenvalue weighted by atomic mass is 10.0. The van der Waals surface area contributed by atoms with Crippen LogP contribution < -0.4 is 10.1 Å². The van der Waals surface area contributed by atoms with Gasteiger partial charge in [-0.2, -0.15) is 0 Å². The van der Waals surface area contributed by atoms with Gasteiger partial charge >= 0.3 is 0 Å². The van der Waals surface area contributed by atoms with Gasteiger partial charge in [0.15, 0.2) is 0 Å². The molecule has 0 saturated heterocycles. The number of aromatic nitrogens is 1. The molecule has 3 nitrogen and oxygen atoms in total. The Morgan fingerprint density at radius 1 is 1.16 bits per heavy atom. The smallest absolute Gasteiger partial charge is 0.124 e.